The molecule has 3 fully saturated rings. The highest BCUT2D eigenvalue weighted by Crippen LogP contribution is 2.44. The van der Waals surface area contributed by atoms with Gasteiger partial charge in [0, 0.05) is 18.6 Å². The van der Waals surface area contributed by atoms with E-state index in [1.54, 1.807) is 0 Å². The molecule has 19 heavy (non-hydrogen) atoms. The van der Waals surface area contributed by atoms with Gasteiger partial charge in [0.15, 0.2) is 0 Å². The van der Waals surface area contributed by atoms with Crippen molar-refractivity contribution in [2.24, 2.45) is 17.1 Å². The molecule has 2 atom stereocenters. The Labute approximate surface area is 115 Å². The van der Waals surface area contributed by atoms with Crippen molar-refractivity contribution in [3.8, 4) is 0 Å². The maximum atomic E-state index is 12.8. The maximum absolute atomic E-state index is 12.8. The summed E-state index contributed by atoms with van der Waals surface area (Å²) in [6.45, 7) is 1.92. The number of fused-ring (bicyclic) bond motifs is 1. The fraction of sp³-hybridized carbons (Fsp3) is 0.933. The molecule has 0 radical (unpaired) electrons. The molecule has 4 heteroatoms. The summed E-state index contributed by atoms with van der Waals surface area (Å²) in [6, 6.07) is 0.715. The summed E-state index contributed by atoms with van der Waals surface area (Å²) < 4.78 is 0. The van der Waals surface area contributed by atoms with Gasteiger partial charge in [0.1, 0.15) is 0 Å². The Morgan fingerprint density at radius 3 is 2.74 bits per heavy atom. The van der Waals surface area contributed by atoms with Crippen molar-refractivity contribution in [3.63, 3.8) is 0 Å². The van der Waals surface area contributed by atoms with E-state index in [-0.39, 0.29) is 5.41 Å². The van der Waals surface area contributed by atoms with E-state index in [4.69, 9.17) is 5.73 Å². The van der Waals surface area contributed by atoms with Crippen molar-refractivity contribution < 1.29 is 4.79 Å². The molecule has 0 unspecified atom stereocenters. The zero-order valence-corrected chi connectivity index (χ0v) is 11.8. The van der Waals surface area contributed by atoms with Crippen LogP contribution in [-0.2, 0) is 4.79 Å². The normalized spacial score (nSPS) is 42.7. The monoisotopic (exact) mass is 265 g/mol. The first-order chi connectivity index (χ1) is 9.21. The quantitative estimate of drug-likeness (QED) is 0.702. The first-order valence-electron chi connectivity index (χ1n) is 7.98. The smallest absolute Gasteiger partial charge is 0.228 e. The number of nitrogens with one attached hydrogen (secondary N) is 2. The van der Waals surface area contributed by atoms with Gasteiger partial charge in [0.25, 0.3) is 0 Å². The number of hydrogen-bond donors (Lipinski definition) is 3. The molecule has 0 spiro atoms. The van der Waals surface area contributed by atoms with E-state index >= 15 is 0 Å². The lowest BCUT2D eigenvalue weighted by Crippen LogP contribution is -2.51. The number of hydrogen-bond acceptors (Lipinski definition) is 3. The highest BCUT2D eigenvalue weighted by Gasteiger charge is 2.50. The predicted molar refractivity (Wildman–Crippen MR) is 75.6 cm³/mol. The molecule has 108 valence electrons. The molecule has 3 aliphatic rings. The molecule has 1 aliphatic heterocycles. The van der Waals surface area contributed by atoms with Crippen molar-refractivity contribution in [1.29, 1.82) is 0 Å². The van der Waals surface area contributed by atoms with Crippen molar-refractivity contribution in [2.75, 3.05) is 13.1 Å². The third kappa shape index (κ3) is 2.52. The second-order valence-electron chi connectivity index (χ2n) is 6.81. The van der Waals surface area contributed by atoms with Crippen molar-refractivity contribution >= 4 is 5.91 Å². The molecule has 2 saturated carbocycles. The second kappa shape index (κ2) is 5.41. The summed E-state index contributed by atoms with van der Waals surface area (Å²) in [5, 5.41) is 6.79. The Kier molecular flexibility index (Phi) is 3.81. The Balaban J connectivity index is 1.62. The minimum absolute atomic E-state index is 0.0994. The van der Waals surface area contributed by atoms with E-state index < -0.39 is 0 Å². The van der Waals surface area contributed by atoms with E-state index in [2.05, 4.69) is 10.6 Å². The van der Waals surface area contributed by atoms with Gasteiger partial charge in [-0.3, -0.25) is 4.79 Å². The van der Waals surface area contributed by atoms with Crippen LogP contribution in [0.15, 0.2) is 0 Å². The lowest BCUT2D eigenvalue weighted by Gasteiger charge is -2.39. The molecule has 0 aromatic carbocycles. The van der Waals surface area contributed by atoms with Crippen LogP contribution in [0.3, 0.4) is 0 Å². The van der Waals surface area contributed by atoms with Crippen molar-refractivity contribution in [3.05, 3.63) is 0 Å². The average molecular weight is 265 g/mol. The van der Waals surface area contributed by atoms with Gasteiger partial charge in [-0.2, -0.15) is 0 Å². The average Bonchev–Trinajstić information content (AvgIpc) is 2.86. The Morgan fingerprint density at radius 1 is 1.16 bits per heavy atom. The fourth-order valence-corrected chi connectivity index (χ4v) is 4.28. The van der Waals surface area contributed by atoms with Gasteiger partial charge < -0.3 is 16.4 Å². The van der Waals surface area contributed by atoms with E-state index in [9.17, 15) is 4.79 Å². The fourth-order valence-electron chi connectivity index (χ4n) is 4.28. The standard InChI is InChI=1S/C15H27N3O/c16-12-4-6-13(7-5-12)18-14(19)15-8-2-1-3-11(15)9-17-10-15/h11-13,17H,1-10,16H2,(H,18,19)/t11-,12?,13?,15+/m0/s1. The SMILES string of the molecule is NC1CCC(NC(=O)[C@@]23CCCC[C@H]2CNC3)CC1. The van der Waals surface area contributed by atoms with Crippen LogP contribution < -0.4 is 16.4 Å². The van der Waals surface area contributed by atoms with Gasteiger partial charge in [0.2, 0.25) is 5.91 Å². The summed E-state index contributed by atoms with van der Waals surface area (Å²) in [6.07, 6.45) is 9.01. The molecule has 4 nitrogen and oxygen atoms in total. The van der Waals surface area contributed by atoms with Crippen LogP contribution >= 0.6 is 0 Å². The van der Waals surface area contributed by atoms with Crippen LogP contribution in [-0.4, -0.2) is 31.1 Å². The third-order valence-electron chi connectivity index (χ3n) is 5.60. The summed E-state index contributed by atoms with van der Waals surface area (Å²) in [4.78, 5) is 12.8. The molecule has 0 bridgehead atoms. The molecule has 3 rings (SSSR count). The number of amides is 1. The van der Waals surface area contributed by atoms with Crippen LogP contribution in [0.4, 0.5) is 0 Å². The van der Waals surface area contributed by atoms with E-state index in [0.717, 1.165) is 45.2 Å². The highest BCUT2D eigenvalue weighted by atomic mass is 16.2. The van der Waals surface area contributed by atoms with Gasteiger partial charge in [-0.05, 0) is 51.0 Å². The molecule has 1 heterocycles. The largest absolute Gasteiger partial charge is 0.353 e. The van der Waals surface area contributed by atoms with Gasteiger partial charge in [-0.15, -0.1) is 0 Å². The molecule has 2 aliphatic carbocycles. The van der Waals surface area contributed by atoms with Crippen LogP contribution in [0, 0.1) is 11.3 Å². The van der Waals surface area contributed by atoms with E-state index in [1.807, 2.05) is 0 Å². The number of rotatable bonds is 2. The summed E-state index contributed by atoms with van der Waals surface area (Å²) in [5.74, 6) is 0.884. The first-order valence-corrected chi connectivity index (χ1v) is 7.98. The predicted octanol–water partition coefficient (Wildman–Crippen LogP) is 1.15. The number of carbonyl (C=O) groups is 1. The lowest BCUT2D eigenvalue weighted by atomic mass is 9.67. The summed E-state index contributed by atoms with van der Waals surface area (Å²) in [5.41, 5.74) is 5.83. The topological polar surface area (TPSA) is 67.1 Å². The Bertz CT molecular complexity index is 338. The Morgan fingerprint density at radius 2 is 1.95 bits per heavy atom. The maximum Gasteiger partial charge on any atom is 0.228 e. The van der Waals surface area contributed by atoms with Crippen LogP contribution in [0.5, 0.6) is 0 Å². The van der Waals surface area contributed by atoms with Crippen LogP contribution in [0.1, 0.15) is 51.4 Å². The van der Waals surface area contributed by atoms with Gasteiger partial charge in [-0.1, -0.05) is 12.8 Å². The highest BCUT2D eigenvalue weighted by molar-refractivity contribution is 5.84. The third-order valence-corrected chi connectivity index (χ3v) is 5.60. The Hall–Kier alpha value is -0.610. The molecule has 4 N–H and O–H groups in total. The number of carbonyl (C=O) groups excluding carboxylic acids is 1. The van der Waals surface area contributed by atoms with E-state index in [0.29, 0.717) is 23.9 Å². The second-order valence-corrected chi connectivity index (χ2v) is 6.81. The molecule has 0 aromatic rings. The van der Waals surface area contributed by atoms with Crippen LogP contribution in [0.2, 0.25) is 0 Å². The van der Waals surface area contributed by atoms with Gasteiger partial charge in [0.05, 0.1) is 5.41 Å². The molecule has 1 saturated heterocycles. The lowest BCUT2D eigenvalue weighted by molar-refractivity contribution is -0.135. The minimum Gasteiger partial charge on any atom is -0.353 e. The summed E-state index contributed by atoms with van der Waals surface area (Å²) >= 11 is 0. The van der Waals surface area contributed by atoms with Gasteiger partial charge >= 0.3 is 0 Å². The molecule has 1 amide bonds. The zero-order chi connectivity index (χ0) is 13.3. The van der Waals surface area contributed by atoms with Crippen molar-refractivity contribution in [1.82, 2.24) is 10.6 Å². The molecule has 0 aromatic heterocycles. The summed E-state index contributed by atoms with van der Waals surface area (Å²) in [7, 11) is 0. The van der Waals surface area contributed by atoms with Crippen LogP contribution in [0.25, 0.3) is 0 Å². The van der Waals surface area contributed by atoms with Gasteiger partial charge in [-0.25, -0.2) is 0 Å². The number of nitrogens with two attached hydrogens (primary N) is 1. The van der Waals surface area contributed by atoms with E-state index in [1.165, 1.54) is 19.3 Å². The minimum atomic E-state index is -0.0994. The first kappa shape index (κ1) is 13.4. The zero-order valence-electron chi connectivity index (χ0n) is 11.8. The molecular formula is C15H27N3O. The molecular weight excluding hydrogens is 238 g/mol. The van der Waals surface area contributed by atoms with Crippen molar-refractivity contribution in [2.45, 2.75) is 63.5 Å².